The molecule has 1 aromatic carbocycles. The number of benzene rings is 1. The molecule has 0 radical (unpaired) electrons. The number of anilines is 1. The van der Waals surface area contributed by atoms with Crippen molar-refractivity contribution in [2.75, 3.05) is 12.0 Å². The lowest BCUT2D eigenvalue weighted by Gasteiger charge is -2.11. The van der Waals surface area contributed by atoms with Crippen LogP contribution in [0.15, 0.2) is 28.7 Å². The van der Waals surface area contributed by atoms with E-state index in [0.717, 1.165) is 29.2 Å². The van der Waals surface area contributed by atoms with Crippen LogP contribution in [-0.2, 0) is 4.79 Å². The fourth-order valence-corrected chi connectivity index (χ4v) is 2.67. The molecule has 1 N–H and O–H groups in total. The first-order valence-corrected chi connectivity index (χ1v) is 8.73. The normalized spacial score (nSPS) is 13.9. The molecule has 0 atom stereocenters. The lowest BCUT2D eigenvalue weighted by atomic mass is 10.2. The van der Waals surface area contributed by atoms with Crippen molar-refractivity contribution in [2.24, 2.45) is 11.0 Å². The maximum Gasteiger partial charge on any atom is 0.314 e. The van der Waals surface area contributed by atoms with Crippen LogP contribution in [0.4, 0.5) is 5.13 Å². The Morgan fingerprint density at radius 2 is 2.29 bits per heavy atom. The average molecular weight is 345 g/mol. The monoisotopic (exact) mass is 345 g/mol. The van der Waals surface area contributed by atoms with E-state index in [-0.39, 0.29) is 11.9 Å². The maximum atomic E-state index is 11.8. The topological polar surface area (TPSA) is 72.8 Å². The van der Waals surface area contributed by atoms with Crippen molar-refractivity contribution < 1.29 is 14.3 Å². The molecular formula is C17H19N3O3S. The van der Waals surface area contributed by atoms with Crippen LogP contribution in [0.25, 0.3) is 0 Å². The summed E-state index contributed by atoms with van der Waals surface area (Å²) >= 11 is 1.50. The second-order valence-corrected chi connectivity index (χ2v) is 6.36. The van der Waals surface area contributed by atoms with E-state index >= 15 is 0 Å². The third-order valence-corrected chi connectivity index (χ3v) is 4.25. The van der Waals surface area contributed by atoms with Gasteiger partial charge in [0.2, 0.25) is 5.13 Å². The summed E-state index contributed by atoms with van der Waals surface area (Å²) in [5, 5.41) is 6.86. The molecular weight excluding hydrogens is 326 g/mol. The Labute approximate surface area is 144 Å². The predicted molar refractivity (Wildman–Crippen MR) is 94.0 cm³/mol. The van der Waals surface area contributed by atoms with E-state index in [4.69, 9.17) is 9.47 Å². The summed E-state index contributed by atoms with van der Waals surface area (Å²) in [6.07, 6.45) is 3.50. The van der Waals surface area contributed by atoms with Crippen molar-refractivity contribution in [1.82, 2.24) is 4.98 Å². The summed E-state index contributed by atoms with van der Waals surface area (Å²) in [6, 6.07) is 5.37. The molecule has 126 valence electrons. The number of ether oxygens (including phenoxy) is 2. The summed E-state index contributed by atoms with van der Waals surface area (Å²) < 4.78 is 11.0. The highest BCUT2D eigenvalue weighted by molar-refractivity contribution is 7.13. The zero-order valence-corrected chi connectivity index (χ0v) is 14.4. The first-order valence-electron chi connectivity index (χ1n) is 7.85. The fraction of sp³-hybridized carbons (Fsp3) is 0.353. The number of hydrogen-bond donors (Lipinski definition) is 1. The minimum atomic E-state index is -0.182. The van der Waals surface area contributed by atoms with Crippen LogP contribution in [-0.4, -0.2) is 23.8 Å². The summed E-state index contributed by atoms with van der Waals surface area (Å²) in [5.74, 6) is 0.861. The minimum absolute atomic E-state index is 0.0478. The molecule has 1 aliphatic carbocycles. The molecule has 24 heavy (non-hydrogen) atoms. The maximum absolute atomic E-state index is 11.8. The standard InChI is InChI=1S/C17H19N3O3S/c1-3-22-15-8-12(9-18-20-17-19-11(2)10-24-17)4-7-14(15)23-16(21)13-5-6-13/h4,7-10,13H,3,5-6H2,1-2H3,(H,19,20). The van der Waals surface area contributed by atoms with Gasteiger partial charge in [-0.25, -0.2) is 4.98 Å². The highest BCUT2D eigenvalue weighted by Crippen LogP contribution is 2.34. The van der Waals surface area contributed by atoms with Gasteiger partial charge >= 0.3 is 5.97 Å². The van der Waals surface area contributed by atoms with Crippen molar-refractivity contribution in [3.63, 3.8) is 0 Å². The van der Waals surface area contributed by atoms with E-state index < -0.39 is 0 Å². The molecule has 1 aliphatic rings. The number of aromatic nitrogens is 1. The third kappa shape index (κ3) is 4.32. The van der Waals surface area contributed by atoms with Crippen LogP contribution in [0.5, 0.6) is 11.5 Å². The van der Waals surface area contributed by atoms with Crippen molar-refractivity contribution >= 4 is 28.7 Å². The second kappa shape index (κ2) is 7.44. The summed E-state index contributed by atoms with van der Waals surface area (Å²) in [5.41, 5.74) is 4.68. The largest absolute Gasteiger partial charge is 0.490 e. The second-order valence-electron chi connectivity index (χ2n) is 5.50. The van der Waals surface area contributed by atoms with Gasteiger partial charge in [-0.1, -0.05) is 0 Å². The van der Waals surface area contributed by atoms with Gasteiger partial charge in [0.25, 0.3) is 0 Å². The first-order chi connectivity index (χ1) is 11.7. The highest BCUT2D eigenvalue weighted by atomic mass is 32.1. The van der Waals surface area contributed by atoms with Crippen molar-refractivity contribution in [1.29, 1.82) is 0 Å². The Bertz CT molecular complexity index is 753. The number of rotatable bonds is 7. The summed E-state index contributed by atoms with van der Waals surface area (Å²) in [7, 11) is 0. The predicted octanol–water partition coefficient (Wildman–Crippen LogP) is 3.61. The molecule has 0 aliphatic heterocycles. The zero-order chi connectivity index (χ0) is 16.9. The van der Waals surface area contributed by atoms with Crippen LogP contribution < -0.4 is 14.9 Å². The first kappa shape index (κ1) is 16.4. The van der Waals surface area contributed by atoms with Crippen molar-refractivity contribution in [2.45, 2.75) is 26.7 Å². The molecule has 0 bridgehead atoms. The number of nitrogens with zero attached hydrogens (tertiary/aromatic N) is 2. The van der Waals surface area contributed by atoms with Crippen LogP contribution in [0, 0.1) is 12.8 Å². The number of carbonyl (C=O) groups is 1. The van der Waals surface area contributed by atoms with Gasteiger partial charge in [0.1, 0.15) is 0 Å². The van der Waals surface area contributed by atoms with Gasteiger partial charge in [-0.15, -0.1) is 11.3 Å². The Hall–Kier alpha value is -2.41. The van der Waals surface area contributed by atoms with Crippen LogP contribution in [0.1, 0.15) is 31.0 Å². The molecule has 1 saturated carbocycles. The Kier molecular flexibility index (Phi) is 5.10. The van der Waals surface area contributed by atoms with E-state index in [1.54, 1.807) is 18.3 Å². The van der Waals surface area contributed by atoms with Gasteiger partial charge in [-0.2, -0.15) is 5.10 Å². The number of thiazole rings is 1. The average Bonchev–Trinajstić information content (AvgIpc) is 3.33. The molecule has 1 heterocycles. The van der Waals surface area contributed by atoms with Crippen molar-refractivity contribution in [3.8, 4) is 11.5 Å². The van der Waals surface area contributed by atoms with E-state index in [0.29, 0.717) is 18.1 Å². The van der Waals surface area contributed by atoms with Gasteiger partial charge in [0.15, 0.2) is 11.5 Å². The molecule has 3 rings (SSSR count). The lowest BCUT2D eigenvalue weighted by Crippen LogP contribution is -2.11. The summed E-state index contributed by atoms with van der Waals surface area (Å²) in [4.78, 5) is 16.1. The molecule has 6 nitrogen and oxygen atoms in total. The Morgan fingerprint density at radius 1 is 1.46 bits per heavy atom. The Balaban J connectivity index is 1.68. The molecule has 0 amide bonds. The van der Waals surface area contributed by atoms with E-state index in [1.807, 2.05) is 25.3 Å². The Morgan fingerprint density at radius 3 is 2.96 bits per heavy atom. The number of hydrogen-bond acceptors (Lipinski definition) is 7. The number of hydrazone groups is 1. The zero-order valence-electron chi connectivity index (χ0n) is 13.6. The quantitative estimate of drug-likeness (QED) is 0.359. The van der Waals surface area contributed by atoms with Gasteiger partial charge in [0.05, 0.1) is 24.4 Å². The van der Waals surface area contributed by atoms with Gasteiger partial charge in [0, 0.05) is 5.38 Å². The number of aryl methyl sites for hydroxylation is 1. The molecule has 1 fully saturated rings. The van der Waals surface area contributed by atoms with Crippen LogP contribution >= 0.6 is 11.3 Å². The van der Waals surface area contributed by atoms with E-state index in [2.05, 4.69) is 15.5 Å². The minimum Gasteiger partial charge on any atom is -0.490 e. The van der Waals surface area contributed by atoms with E-state index in [1.165, 1.54) is 11.3 Å². The molecule has 1 aromatic heterocycles. The van der Waals surface area contributed by atoms with Gasteiger partial charge < -0.3 is 9.47 Å². The molecule has 0 unspecified atom stereocenters. The molecule has 0 saturated heterocycles. The summed E-state index contributed by atoms with van der Waals surface area (Å²) in [6.45, 7) is 4.31. The molecule has 0 spiro atoms. The lowest BCUT2D eigenvalue weighted by molar-refractivity contribution is -0.135. The SMILES string of the molecule is CCOc1cc(C=NNc2nc(C)cs2)ccc1OC(=O)C1CC1. The fourth-order valence-electron chi connectivity index (χ4n) is 2.04. The molecule has 2 aromatic rings. The number of carbonyl (C=O) groups excluding carboxylic acids is 1. The van der Waals surface area contributed by atoms with Crippen molar-refractivity contribution in [3.05, 3.63) is 34.8 Å². The molecule has 7 heteroatoms. The van der Waals surface area contributed by atoms with Crippen LogP contribution in [0.2, 0.25) is 0 Å². The highest BCUT2D eigenvalue weighted by Gasteiger charge is 2.32. The third-order valence-electron chi connectivity index (χ3n) is 3.38. The smallest absolute Gasteiger partial charge is 0.314 e. The number of esters is 1. The van der Waals surface area contributed by atoms with Gasteiger partial charge in [-0.05, 0) is 50.5 Å². The van der Waals surface area contributed by atoms with Crippen LogP contribution in [0.3, 0.4) is 0 Å². The van der Waals surface area contributed by atoms with Gasteiger partial charge in [-0.3, -0.25) is 10.2 Å². The number of nitrogens with one attached hydrogen (secondary N) is 1. The van der Waals surface area contributed by atoms with E-state index in [9.17, 15) is 4.79 Å².